The average Bonchev–Trinajstić information content (AvgIpc) is 2.61. The normalized spacial score (nSPS) is 12.0. The Labute approximate surface area is 140 Å². The third-order valence-corrected chi connectivity index (χ3v) is 5.92. The molecule has 22 heavy (non-hydrogen) atoms. The van der Waals surface area contributed by atoms with Crippen molar-refractivity contribution in [2.24, 2.45) is 0 Å². The highest BCUT2D eigenvalue weighted by atomic mass is 32.2. The zero-order chi connectivity index (χ0) is 15.0. The fourth-order valence-electron chi connectivity index (χ4n) is 2.08. The van der Waals surface area contributed by atoms with Gasteiger partial charge >= 0.3 is 0 Å². The molecular weight excluding hydrogens is 306 g/mol. The van der Waals surface area contributed by atoms with Crippen LogP contribution in [0.5, 0.6) is 0 Å². The Hall–Kier alpha value is -1.71. The van der Waals surface area contributed by atoms with Crippen LogP contribution in [0.4, 0.5) is 0 Å². The maximum absolute atomic E-state index is 4.45. The van der Waals surface area contributed by atoms with E-state index in [9.17, 15) is 0 Å². The molecule has 0 saturated heterocycles. The van der Waals surface area contributed by atoms with Gasteiger partial charge in [-0.1, -0.05) is 78.5 Å². The van der Waals surface area contributed by atoms with E-state index < -0.39 is 0 Å². The monoisotopic (exact) mass is 323 g/mol. The summed E-state index contributed by atoms with van der Waals surface area (Å²) in [6.45, 7) is 0. The first kappa shape index (κ1) is 15.2. The van der Waals surface area contributed by atoms with E-state index in [1.165, 1.54) is 11.1 Å². The number of thioether (sulfide) groups is 2. The second-order valence-electron chi connectivity index (χ2n) is 4.83. The molecule has 0 fully saturated rings. The zero-order valence-electron chi connectivity index (χ0n) is 12.1. The van der Waals surface area contributed by atoms with Crippen molar-refractivity contribution in [1.29, 1.82) is 0 Å². The van der Waals surface area contributed by atoms with Crippen LogP contribution in [0.15, 0.2) is 90.1 Å². The molecule has 1 atom stereocenters. The maximum Gasteiger partial charge on any atom is 0.0973 e. The Morgan fingerprint density at radius 3 is 2.14 bits per heavy atom. The number of nitrogens with zero attached hydrogens (tertiary/aromatic N) is 1. The average molecular weight is 323 g/mol. The number of hydrogen-bond donors (Lipinski definition) is 0. The molecule has 1 nitrogen and oxygen atoms in total. The van der Waals surface area contributed by atoms with Crippen molar-refractivity contribution >= 4 is 23.5 Å². The first-order valence-corrected chi connectivity index (χ1v) is 9.13. The molecule has 1 heterocycles. The molecule has 0 bridgehead atoms. The first-order valence-electron chi connectivity index (χ1n) is 7.20. The van der Waals surface area contributed by atoms with Gasteiger partial charge in [0.25, 0.3) is 0 Å². The van der Waals surface area contributed by atoms with E-state index >= 15 is 0 Å². The summed E-state index contributed by atoms with van der Waals surface area (Å²) in [5.74, 6) is 1.00. The van der Waals surface area contributed by atoms with E-state index in [0.717, 1.165) is 10.8 Å². The lowest BCUT2D eigenvalue weighted by atomic mass is 10.2. The SMILES string of the molecule is c1ccc(CSC(Sc2ccccn2)c2ccccc2)cc1. The highest BCUT2D eigenvalue weighted by Gasteiger charge is 2.14. The summed E-state index contributed by atoms with van der Waals surface area (Å²) < 4.78 is 0.344. The predicted octanol–water partition coefficient (Wildman–Crippen LogP) is 5.81. The Morgan fingerprint density at radius 2 is 1.45 bits per heavy atom. The smallest absolute Gasteiger partial charge is 0.0973 e. The highest BCUT2D eigenvalue weighted by molar-refractivity contribution is 8.16. The molecule has 1 aromatic heterocycles. The fraction of sp³-hybridized carbons (Fsp3) is 0.105. The standard InChI is InChI=1S/C19H17NS2/c1-3-9-16(10-4-1)15-21-19(17-11-5-2-6-12-17)22-18-13-7-8-14-20-18/h1-14,19H,15H2. The second kappa shape index (κ2) is 8.06. The van der Waals surface area contributed by atoms with E-state index in [2.05, 4.69) is 71.7 Å². The minimum absolute atomic E-state index is 0.344. The summed E-state index contributed by atoms with van der Waals surface area (Å²) in [4.78, 5) is 4.45. The van der Waals surface area contributed by atoms with Gasteiger partial charge in [0, 0.05) is 11.9 Å². The fourth-order valence-corrected chi connectivity index (χ4v) is 4.53. The molecule has 0 amide bonds. The lowest BCUT2D eigenvalue weighted by molar-refractivity contribution is 1.13. The second-order valence-corrected chi connectivity index (χ2v) is 7.34. The third-order valence-electron chi connectivity index (χ3n) is 3.18. The van der Waals surface area contributed by atoms with Crippen molar-refractivity contribution in [2.75, 3.05) is 0 Å². The number of benzene rings is 2. The van der Waals surface area contributed by atoms with Crippen LogP contribution in [-0.2, 0) is 5.75 Å². The van der Waals surface area contributed by atoms with Crippen molar-refractivity contribution in [3.05, 3.63) is 96.2 Å². The molecule has 110 valence electrons. The Balaban J connectivity index is 1.74. The lowest BCUT2D eigenvalue weighted by Crippen LogP contribution is -1.92. The van der Waals surface area contributed by atoms with Gasteiger partial charge in [-0.3, -0.25) is 0 Å². The van der Waals surface area contributed by atoms with Crippen molar-refractivity contribution in [3.8, 4) is 0 Å². The van der Waals surface area contributed by atoms with Crippen molar-refractivity contribution in [1.82, 2.24) is 4.98 Å². The Bertz CT molecular complexity index is 672. The molecule has 0 aliphatic rings. The summed E-state index contributed by atoms with van der Waals surface area (Å²) >= 11 is 3.76. The predicted molar refractivity (Wildman–Crippen MR) is 97.0 cm³/mol. The molecule has 1 unspecified atom stereocenters. The summed E-state index contributed by atoms with van der Waals surface area (Å²) in [5, 5.41) is 1.07. The van der Waals surface area contributed by atoms with E-state index in [1.54, 1.807) is 0 Å². The summed E-state index contributed by atoms with van der Waals surface area (Å²) in [6, 6.07) is 27.3. The maximum atomic E-state index is 4.45. The van der Waals surface area contributed by atoms with Gasteiger partial charge in [-0.05, 0) is 23.3 Å². The molecule has 0 saturated carbocycles. The van der Waals surface area contributed by atoms with Crippen molar-refractivity contribution < 1.29 is 0 Å². The Morgan fingerprint density at radius 1 is 0.773 bits per heavy atom. The molecule has 0 radical (unpaired) electrons. The number of aromatic nitrogens is 1. The summed E-state index contributed by atoms with van der Waals surface area (Å²) in [5.41, 5.74) is 2.69. The molecular formula is C19H17NS2. The molecule has 3 heteroatoms. The van der Waals surface area contributed by atoms with Crippen LogP contribution in [-0.4, -0.2) is 4.98 Å². The minimum atomic E-state index is 0.344. The molecule has 0 aliphatic carbocycles. The number of hydrogen-bond acceptors (Lipinski definition) is 3. The van der Waals surface area contributed by atoms with E-state index in [1.807, 2.05) is 41.9 Å². The van der Waals surface area contributed by atoms with Crippen LogP contribution >= 0.6 is 23.5 Å². The van der Waals surface area contributed by atoms with Gasteiger partial charge in [0.15, 0.2) is 0 Å². The molecule has 3 aromatic rings. The summed E-state index contributed by atoms with van der Waals surface area (Å²) in [7, 11) is 0. The minimum Gasteiger partial charge on any atom is -0.250 e. The Kier molecular flexibility index (Phi) is 5.57. The van der Waals surface area contributed by atoms with Gasteiger partial charge in [-0.2, -0.15) is 0 Å². The lowest BCUT2D eigenvalue weighted by Gasteiger charge is -2.16. The van der Waals surface area contributed by atoms with E-state index in [-0.39, 0.29) is 0 Å². The topological polar surface area (TPSA) is 12.9 Å². The van der Waals surface area contributed by atoms with E-state index in [4.69, 9.17) is 0 Å². The molecule has 2 aromatic carbocycles. The van der Waals surface area contributed by atoms with Gasteiger partial charge in [-0.25, -0.2) is 4.98 Å². The van der Waals surface area contributed by atoms with Crippen LogP contribution in [0.1, 0.15) is 15.7 Å². The number of pyridine rings is 1. The van der Waals surface area contributed by atoms with Crippen LogP contribution in [0, 0.1) is 0 Å². The van der Waals surface area contributed by atoms with Gasteiger partial charge in [0.05, 0.1) is 9.61 Å². The quantitative estimate of drug-likeness (QED) is 0.420. The third kappa shape index (κ3) is 4.39. The molecule has 0 aliphatic heterocycles. The van der Waals surface area contributed by atoms with E-state index in [0.29, 0.717) is 4.58 Å². The largest absolute Gasteiger partial charge is 0.250 e. The van der Waals surface area contributed by atoms with Gasteiger partial charge in [0.2, 0.25) is 0 Å². The zero-order valence-corrected chi connectivity index (χ0v) is 13.8. The van der Waals surface area contributed by atoms with Gasteiger partial charge < -0.3 is 0 Å². The van der Waals surface area contributed by atoms with Gasteiger partial charge in [0.1, 0.15) is 0 Å². The molecule has 0 spiro atoms. The highest BCUT2D eigenvalue weighted by Crippen LogP contribution is 2.44. The summed E-state index contributed by atoms with van der Waals surface area (Å²) in [6.07, 6.45) is 1.85. The van der Waals surface area contributed by atoms with Crippen LogP contribution < -0.4 is 0 Å². The van der Waals surface area contributed by atoms with Crippen LogP contribution in [0.25, 0.3) is 0 Å². The first-order chi connectivity index (χ1) is 10.9. The van der Waals surface area contributed by atoms with Crippen LogP contribution in [0.2, 0.25) is 0 Å². The van der Waals surface area contributed by atoms with Gasteiger partial charge in [-0.15, -0.1) is 11.8 Å². The van der Waals surface area contributed by atoms with Crippen molar-refractivity contribution in [2.45, 2.75) is 15.4 Å². The van der Waals surface area contributed by atoms with Crippen LogP contribution in [0.3, 0.4) is 0 Å². The molecule has 3 rings (SSSR count). The van der Waals surface area contributed by atoms with Crippen molar-refractivity contribution in [3.63, 3.8) is 0 Å². The number of rotatable bonds is 6. The molecule has 0 N–H and O–H groups in total.